The van der Waals surface area contributed by atoms with E-state index in [-0.39, 0.29) is 18.0 Å². The molecule has 0 saturated carbocycles. The number of rotatable bonds is 5. The van der Waals surface area contributed by atoms with Gasteiger partial charge in [0.1, 0.15) is 5.65 Å². The van der Waals surface area contributed by atoms with Crippen LogP contribution in [0.2, 0.25) is 10.0 Å². The highest BCUT2D eigenvalue weighted by atomic mass is 35.5. The topological polar surface area (TPSA) is 66.7 Å². The molecule has 3 aromatic rings. The van der Waals surface area contributed by atoms with Crippen LogP contribution in [-0.4, -0.2) is 33.8 Å². The maximum Gasteiger partial charge on any atom is 0.258 e. The van der Waals surface area contributed by atoms with E-state index < -0.39 is 0 Å². The zero-order valence-corrected chi connectivity index (χ0v) is 15.5. The highest BCUT2D eigenvalue weighted by molar-refractivity contribution is 6.30. The Bertz CT molecular complexity index is 1000. The molecule has 1 amide bonds. The van der Waals surface area contributed by atoms with Crippen molar-refractivity contribution in [2.45, 2.75) is 6.54 Å². The molecule has 0 aliphatic carbocycles. The summed E-state index contributed by atoms with van der Waals surface area (Å²) in [5, 5.41) is 3.86. The minimum Gasteiger partial charge on any atom is -0.325 e. The largest absolute Gasteiger partial charge is 0.325 e. The van der Waals surface area contributed by atoms with Crippen molar-refractivity contribution in [3.05, 3.63) is 74.8 Å². The Balaban J connectivity index is 1.65. The van der Waals surface area contributed by atoms with Gasteiger partial charge < -0.3 is 5.32 Å². The van der Waals surface area contributed by atoms with Crippen LogP contribution in [0.1, 0.15) is 5.69 Å². The predicted octanol–water partition coefficient (Wildman–Crippen LogP) is 3.07. The summed E-state index contributed by atoms with van der Waals surface area (Å²) in [5.41, 5.74) is 1.55. The van der Waals surface area contributed by atoms with Crippen molar-refractivity contribution in [2.75, 3.05) is 18.9 Å². The van der Waals surface area contributed by atoms with Gasteiger partial charge >= 0.3 is 0 Å². The van der Waals surface area contributed by atoms with E-state index in [1.54, 1.807) is 48.3 Å². The van der Waals surface area contributed by atoms with Crippen molar-refractivity contribution in [1.29, 1.82) is 0 Å². The first-order chi connectivity index (χ1) is 12.4. The number of nitrogens with one attached hydrogen (secondary N) is 1. The van der Waals surface area contributed by atoms with E-state index in [9.17, 15) is 9.59 Å². The van der Waals surface area contributed by atoms with Crippen molar-refractivity contribution in [3.63, 3.8) is 0 Å². The normalized spacial score (nSPS) is 11.1. The average Bonchev–Trinajstić information content (AvgIpc) is 2.57. The summed E-state index contributed by atoms with van der Waals surface area (Å²) in [6.07, 6.45) is 1.53. The van der Waals surface area contributed by atoms with Gasteiger partial charge in [-0.15, -0.1) is 0 Å². The molecule has 0 radical (unpaired) electrons. The van der Waals surface area contributed by atoms with Gasteiger partial charge in [-0.05, 0) is 43.4 Å². The molecule has 0 fully saturated rings. The van der Waals surface area contributed by atoms with Crippen molar-refractivity contribution >= 4 is 40.4 Å². The first-order valence-electron chi connectivity index (χ1n) is 7.82. The number of nitrogens with zero attached hydrogens (tertiary/aromatic N) is 3. The standard InChI is InChI=1S/C18H16Cl2N4O2/c1-23(11-17(25)22-14-5-2-12(19)3-6-14)10-15-8-18(26)24-9-13(20)4-7-16(24)21-15/h2-9H,10-11H2,1H3,(H,22,25). The summed E-state index contributed by atoms with van der Waals surface area (Å²) in [7, 11) is 1.78. The van der Waals surface area contributed by atoms with E-state index in [2.05, 4.69) is 10.3 Å². The molecule has 134 valence electrons. The molecule has 0 atom stereocenters. The second kappa shape index (κ2) is 7.86. The van der Waals surface area contributed by atoms with E-state index in [0.717, 1.165) is 0 Å². The molecule has 0 saturated heterocycles. The monoisotopic (exact) mass is 390 g/mol. The number of halogens is 2. The summed E-state index contributed by atoms with van der Waals surface area (Å²) in [4.78, 5) is 30.5. The van der Waals surface area contributed by atoms with Gasteiger partial charge in [0.15, 0.2) is 0 Å². The molecular weight excluding hydrogens is 375 g/mol. The number of aromatic nitrogens is 2. The fraction of sp³-hybridized carbons (Fsp3) is 0.167. The van der Waals surface area contributed by atoms with Crippen LogP contribution in [-0.2, 0) is 11.3 Å². The molecule has 0 bridgehead atoms. The second-order valence-electron chi connectivity index (χ2n) is 5.89. The van der Waals surface area contributed by atoms with E-state index in [1.807, 2.05) is 0 Å². The molecule has 0 aliphatic heterocycles. The van der Waals surface area contributed by atoms with Gasteiger partial charge in [0.25, 0.3) is 5.56 Å². The molecular formula is C18H16Cl2N4O2. The molecule has 2 aromatic heterocycles. The fourth-order valence-electron chi connectivity index (χ4n) is 2.52. The van der Waals surface area contributed by atoms with Gasteiger partial charge in [0, 0.05) is 29.5 Å². The number of benzene rings is 1. The van der Waals surface area contributed by atoms with E-state index in [0.29, 0.717) is 33.6 Å². The Morgan fingerprint density at radius 3 is 2.58 bits per heavy atom. The number of carbonyl (C=O) groups is 1. The molecule has 0 aliphatic rings. The lowest BCUT2D eigenvalue weighted by molar-refractivity contribution is -0.117. The van der Waals surface area contributed by atoms with Crippen LogP contribution in [0, 0.1) is 0 Å². The van der Waals surface area contributed by atoms with Gasteiger partial charge in [-0.2, -0.15) is 0 Å². The van der Waals surface area contributed by atoms with Crippen molar-refractivity contribution in [2.24, 2.45) is 0 Å². The van der Waals surface area contributed by atoms with Crippen LogP contribution in [0.4, 0.5) is 5.69 Å². The number of hydrogen-bond donors (Lipinski definition) is 1. The van der Waals surface area contributed by atoms with E-state index >= 15 is 0 Å². The van der Waals surface area contributed by atoms with Crippen LogP contribution in [0.5, 0.6) is 0 Å². The lowest BCUT2D eigenvalue weighted by Crippen LogP contribution is -2.30. The second-order valence-corrected chi connectivity index (χ2v) is 6.76. The Morgan fingerprint density at radius 2 is 1.85 bits per heavy atom. The van der Waals surface area contributed by atoms with Crippen molar-refractivity contribution < 1.29 is 4.79 Å². The smallest absolute Gasteiger partial charge is 0.258 e. The Kier molecular flexibility index (Phi) is 5.56. The molecule has 6 nitrogen and oxygen atoms in total. The average molecular weight is 391 g/mol. The molecule has 2 heterocycles. The van der Waals surface area contributed by atoms with Crippen LogP contribution in [0.3, 0.4) is 0 Å². The van der Waals surface area contributed by atoms with Crippen LogP contribution in [0.15, 0.2) is 53.5 Å². The van der Waals surface area contributed by atoms with Gasteiger partial charge in [-0.3, -0.25) is 18.9 Å². The van der Waals surface area contributed by atoms with Gasteiger partial charge in [-0.1, -0.05) is 23.2 Å². The number of pyridine rings is 1. The highest BCUT2D eigenvalue weighted by Crippen LogP contribution is 2.13. The summed E-state index contributed by atoms with van der Waals surface area (Å²) in [6, 6.07) is 11.7. The zero-order chi connectivity index (χ0) is 18.7. The molecule has 8 heteroatoms. The predicted molar refractivity (Wildman–Crippen MR) is 103 cm³/mol. The third-order valence-electron chi connectivity index (χ3n) is 3.65. The maximum atomic E-state index is 12.2. The number of anilines is 1. The molecule has 0 unspecified atom stereocenters. The molecule has 26 heavy (non-hydrogen) atoms. The van der Waals surface area contributed by atoms with Crippen LogP contribution < -0.4 is 10.9 Å². The molecule has 1 aromatic carbocycles. The maximum absolute atomic E-state index is 12.2. The quantitative estimate of drug-likeness (QED) is 0.726. The highest BCUT2D eigenvalue weighted by Gasteiger charge is 2.10. The summed E-state index contributed by atoms with van der Waals surface area (Å²) in [5.74, 6) is -0.167. The van der Waals surface area contributed by atoms with Gasteiger partial charge in [-0.25, -0.2) is 4.98 Å². The summed E-state index contributed by atoms with van der Waals surface area (Å²) < 4.78 is 1.39. The molecule has 3 rings (SSSR count). The first-order valence-corrected chi connectivity index (χ1v) is 8.58. The van der Waals surface area contributed by atoms with Crippen LogP contribution in [0.25, 0.3) is 5.65 Å². The lowest BCUT2D eigenvalue weighted by atomic mass is 10.3. The fourth-order valence-corrected chi connectivity index (χ4v) is 2.80. The number of fused-ring (bicyclic) bond motifs is 1. The first kappa shape index (κ1) is 18.4. The third kappa shape index (κ3) is 4.60. The van der Waals surface area contributed by atoms with E-state index in [4.69, 9.17) is 23.2 Å². The van der Waals surface area contributed by atoms with Crippen LogP contribution >= 0.6 is 23.2 Å². The zero-order valence-electron chi connectivity index (χ0n) is 13.9. The van der Waals surface area contributed by atoms with Gasteiger partial charge in [0.2, 0.25) is 5.91 Å². The number of amides is 1. The minimum atomic E-state index is -0.216. The Labute approximate surface area is 160 Å². The number of carbonyl (C=O) groups excluding carboxylic acids is 1. The molecule has 0 spiro atoms. The Morgan fingerprint density at radius 1 is 1.15 bits per heavy atom. The lowest BCUT2D eigenvalue weighted by Gasteiger charge is -2.16. The summed E-state index contributed by atoms with van der Waals surface area (Å²) in [6.45, 7) is 0.521. The summed E-state index contributed by atoms with van der Waals surface area (Å²) >= 11 is 11.7. The minimum absolute atomic E-state index is 0.157. The van der Waals surface area contributed by atoms with Crippen molar-refractivity contribution in [3.8, 4) is 0 Å². The van der Waals surface area contributed by atoms with Crippen molar-refractivity contribution in [1.82, 2.24) is 14.3 Å². The third-order valence-corrected chi connectivity index (χ3v) is 4.13. The number of hydrogen-bond acceptors (Lipinski definition) is 4. The Hall–Kier alpha value is -2.41. The SMILES string of the molecule is CN(CC(=O)Nc1ccc(Cl)cc1)Cc1cc(=O)n2cc(Cl)ccc2n1. The van der Waals surface area contributed by atoms with E-state index in [1.165, 1.54) is 16.7 Å². The van der Waals surface area contributed by atoms with Gasteiger partial charge in [0.05, 0.1) is 17.3 Å². The number of likely N-dealkylation sites (N-methyl/N-ethyl adjacent to an activating group) is 1. The molecule has 1 N–H and O–H groups in total.